The van der Waals surface area contributed by atoms with Gasteiger partial charge >= 0.3 is 0 Å². The highest BCUT2D eigenvalue weighted by molar-refractivity contribution is 6.30. The molecule has 5 rings (SSSR count). The van der Waals surface area contributed by atoms with Crippen molar-refractivity contribution < 1.29 is 9.59 Å². The molecular formula is C29H40ClN5O2. The van der Waals surface area contributed by atoms with Gasteiger partial charge in [0.25, 0.3) is 0 Å². The molecule has 2 aliphatic heterocycles. The van der Waals surface area contributed by atoms with E-state index in [-0.39, 0.29) is 17.9 Å². The fourth-order valence-corrected chi connectivity index (χ4v) is 6.92. The van der Waals surface area contributed by atoms with Crippen LogP contribution in [0.2, 0.25) is 5.15 Å². The van der Waals surface area contributed by atoms with Crippen LogP contribution in [-0.2, 0) is 16.1 Å². The molecule has 1 saturated carbocycles. The third kappa shape index (κ3) is 5.17. The van der Waals surface area contributed by atoms with Crippen LogP contribution in [0, 0.1) is 12.8 Å². The first-order valence-corrected chi connectivity index (χ1v) is 14.4. The summed E-state index contributed by atoms with van der Waals surface area (Å²) < 4.78 is 1.79. The van der Waals surface area contributed by atoms with E-state index in [1.54, 1.807) is 4.68 Å². The van der Waals surface area contributed by atoms with Gasteiger partial charge in [0.2, 0.25) is 11.8 Å². The average molecular weight is 526 g/mol. The number of benzene rings is 1. The number of aromatic nitrogens is 2. The zero-order valence-corrected chi connectivity index (χ0v) is 23.0. The van der Waals surface area contributed by atoms with E-state index in [1.165, 1.54) is 32.1 Å². The van der Waals surface area contributed by atoms with Crippen molar-refractivity contribution in [2.75, 3.05) is 19.6 Å². The average Bonchev–Trinajstić information content (AvgIpc) is 3.20. The van der Waals surface area contributed by atoms with Crippen LogP contribution in [0.5, 0.6) is 0 Å². The number of hydrogen-bond donors (Lipinski definition) is 1. The number of hydrogen-bond acceptors (Lipinski definition) is 4. The molecule has 1 spiro atoms. The van der Waals surface area contributed by atoms with Gasteiger partial charge in [-0.15, -0.1) is 0 Å². The van der Waals surface area contributed by atoms with Crippen LogP contribution in [-0.4, -0.2) is 62.6 Å². The summed E-state index contributed by atoms with van der Waals surface area (Å²) in [4.78, 5) is 31.6. The Morgan fingerprint density at radius 1 is 1.08 bits per heavy atom. The van der Waals surface area contributed by atoms with Gasteiger partial charge in [0.15, 0.2) is 0 Å². The SMILES string of the molecule is CCCN1C(=O)C(CC2CCCCC2)NC(=O)C12CCN(Cc1c(C)nn(-c3ccccc3)c1Cl)CC2. The van der Waals surface area contributed by atoms with Gasteiger partial charge < -0.3 is 10.2 Å². The number of likely N-dealkylation sites (tertiary alicyclic amines) is 1. The summed E-state index contributed by atoms with van der Waals surface area (Å²) >= 11 is 6.79. The molecule has 1 aromatic heterocycles. The largest absolute Gasteiger partial charge is 0.342 e. The van der Waals surface area contributed by atoms with E-state index >= 15 is 0 Å². The number of carbonyl (C=O) groups is 2. The zero-order valence-electron chi connectivity index (χ0n) is 22.2. The molecule has 200 valence electrons. The Morgan fingerprint density at radius 2 is 1.78 bits per heavy atom. The lowest BCUT2D eigenvalue weighted by Gasteiger charge is -2.52. The molecule has 2 amide bonds. The van der Waals surface area contributed by atoms with Gasteiger partial charge in [-0.2, -0.15) is 5.10 Å². The van der Waals surface area contributed by atoms with Crippen molar-refractivity contribution in [2.45, 2.75) is 89.8 Å². The van der Waals surface area contributed by atoms with E-state index in [4.69, 9.17) is 11.6 Å². The highest BCUT2D eigenvalue weighted by Gasteiger charge is 2.53. The third-order valence-electron chi connectivity index (χ3n) is 8.74. The minimum Gasteiger partial charge on any atom is -0.342 e. The van der Waals surface area contributed by atoms with E-state index in [0.29, 0.717) is 37.0 Å². The summed E-state index contributed by atoms with van der Waals surface area (Å²) in [6.45, 7) is 6.88. The normalized spacial score (nSPS) is 23.0. The second kappa shape index (κ2) is 11.2. The first kappa shape index (κ1) is 26.2. The molecule has 3 aliphatic rings. The Balaban J connectivity index is 1.27. The second-order valence-electron chi connectivity index (χ2n) is 11.2. The summed E-state index contributed by atoms with van der Waals surface area (Å²) in [5.41, 5.74) is 2.14. The minimum atomic E-state index is -0.736. The Hall–Kier alpha value is -2.38. The van der Waals surface area contributed by atoms with Crippen molar-refractivity contribution in [1.82, 2.24) is 24.9 Å². The topological polar surface area (TPSA) is 70.5 Å². The molecule has 8 heteroatoms. The number of nitrogens with one attached hydrogen (secondary N) is 1. The smallest absolute Gasteiger partial charge is 0.246 e. The van der Waals surface area contributed by atoms with Crippen LogP contribution >= 0.6 is 11.6 Å². The van der Waals surface area contributed by atoms with Crippen molar-refractivity contribution in [3.63, 3.8) is 0 Å². The van der Waals surface area contributed by atoms with Crippen LogP contribution in [0.15, 0.2) is 30.3 Å². The van der Waals surface area contributed by atoms with Gasteiger partial charge in [0, 0.05) is 31.7 Å². The van der Waals surface area contributed by atoms with E-state index in [9.17, 15) is 9.59 Å². The van der Waals surface area contributed by atoms with Crippen molar-refractivity contribution in [2.24, 2.45) is 5.92 Å². The number of para-hydroxylation sites is 1. The first-order chi connectivity index (χ1) is 17.9. The van der Waals surface area contributed by atoms with Crippen molar-refractivity contribution in [3.05, 3.63) is 46.7 Å². The number of nitrogens with zero attached hydrogens (tertiary/aromatic N) is 4. The van der Waals surface area contributed by atoms with Crippen molar-refractivity contribution in [1.29, 1.82) is 0 Å². The van der Waals surface area contributed by atoms with Crippen molar-refractivity contribution >= 4 is 23.4 Å². The quantitative estimate of drug-likeness (QED) is 0.559. The summed E-state index contributed by atoms with van der Waals surface area (Å²) in [6, 6.07) is 9.56. The van der Waals surface area contributed by atoms with Crippen LogP contribution in [0.25, 0.3) is 5.69 Å². The number of halogens is 1. The number of amides is 2. The van der Waals surface area contributed by atoms with Gasteiger partial charge in [-0.25, -0.2) is 4.68 Å². The van der Waals surface area contributed by atoms with Crippen LogP contribution in [0.3, 0.4) is 0 Å². The molecule has 37 heavy (non-hydrogen) atoms. The fourth-order valence-electron chi connectivity index (χ4n) is 6.59. The molecule has 2 aromatic rings. The standard InChI is InChI=1S/C29H40ClN5O2/c1-3-16-34-27(36)25(19-22-10-6-4-7-11-22)31-28(37)29(34)14-17-33(18-15-29)20-24-21(2)32-35(26(24)30)23-12-8-5-9-13-23/h5,8-9,12-13,22,25H,3-4,6-7,10-11,14-20H2,1-2H3,(H,31,37). The van der Waals surface area contributed by atoms with Crippen molar-refractivity contribution in [3.8, 4) is 5.69 Å². The summed E-state index contributed by atoms with van der Waals surface area (Å²) in [5.74, 6) is 0.725. The lowest BCUT2D eigenvalue weighted by atomic mass is 9.79. The fraction of sp³-hybridized carbons (Fsp3) is 0.621. The maximum atomic E-state index is 13.7. The Kier molecular flexibility index (Phi) is 7.91. The van der Waals surface area contributed by atoms with Gasteiger partial charge in [0.1, 0.15) is 16.7 Å². The van der Waals surface area contributed by atoms with E-state index in [1.807, 2.05) is 42.2 Å². The van der Waals surface area contributed by atoms with Crippen LogP contribution in [0.1, 0.15) is 76.0 Å². The molecule has 1 aliphatic carbocycles. The highest BCUT2D eigenvalue weighted by atomic mass is 35.5. The zero-order chi connectivity index (χ0) is 26.0. The molecule has 2 saturated heterocycles. The van der Waals surface area contributed by atoms with E-state index < -0.39 is 5.54 Å². The first-order valence-electron chi connectivity index (χ1n) is 14.1. The predicted octanol–water partition coefficient (Wildman–Crippen LogP) is 4.88. The number of carbonyl (C=O) groups excluding carboxylic acids is 2. The van der Waals surface area contributed by atoms with E-state index in [2.05, 4.69) is 22.2 Å². The maximum Gasteiger partial charge on any atom is 0.246 e. The minimum absolute atomic E-state index is 0.0483. The highest BCUT2D eigenvalue weighted by Crippen LogP contribution is 2.36. The maximum absolute atomic E-state index is 13.7. The van der Waals surface area contributed by atoms with Crippen LogP contribution < -0.4 is 5.32 Å². The summed E-state index contributed by atoms with van der Waals surface area (Å²) in [6.07, 6.45) is 9.06. The Morgan fingerprint density at radius 3 is 2.46 bits per heavy atom. The molecule has 1 unspecified atom stereocenters. The lowest BCUT2D eigenvalue weighted by molar-refractivity contribution is -0.162. The molecule has 0 bridgehead atoms. The molecule has 1 aromatic carbocycles. The molecule has 1 N–H and O–H groups in total. The Bertz CT molecular complexity index is 1100. The number of piperidine rings is 1. The molecule has 7 nitrogen and oxygen atoms in total. The molecule has 0 radical (unpaired) electrons. The number of aryl methyl sites for hydroxylation is 1. The van der Waals surface area contributed by atoms with Crippen LogP contribution in [0.4, 0.5) is 0 Å². The summed E-state index contributed by atoms with van der Waals surface area (Å²) in [5, 5.41) is 8.50. The molecule has 3 heterocycles. The van der Waals surface area contributed by atoms with Gasteiger partial charge in [-0.05, 0) is 50.7 Å². The number of piperazine rings is 1. The van der Waals surface area contributed by atoms with E-state index in [0.717, 1.165) is 42.9 Å². The third-order valence-corrected chi connectivity index (χ3v) is 9.13. The predicted molar refractivity (Wildman–Crippen MR) is 146 cm³/mol. The van der Waals surface area contributed by atoms with Gasteiger partial charge in [-0.3, -0.25) is 14.5 Å². The second-order valence-corrected chi connectivity index (χ2v) is 11.5. The number of rotatable bonds is 7. The molecular weight excluding hydrogens is 486 g/mol. The molecule has 3 fully saturated rings. The van der Waals surface area contributed by atoms with Gasteiger partial charge in [0.05, 0.1) is 11.4 Å². The lowest BCUT2D eigenvalue weighted by Crippen LogP contribution is -2.73. The van der Waals surface area contributed by atoms with Gasteiger partial charge in [-0.1, -0.05) is 68.8 Å². The summed E-state index contributed by atoms with van der Waals surface area (Å²) in [7, 11) is 0. The monoisotopic (exact) mass is 525 g/mol. The Labute approximate surface area is 225 Å². The molecule has 1 atom stereocenters.